The molecule has 0 aliphatic rings. The maximum atomic E-state index is 12.5. The summed E-state index contributed by atoms with van der Waals surface area (Å²) in [5.41, 5.74) is 1.04. The number of amides is 1. The number of hydrogen-bond donors (Lipinski definition) is 1. The molecule has 2 aromatic carbocycles. The first-order valence-electron chi connectivity index (χ1n) is 7.93. The highest BCUT2D eigenvalue weighted by molar-refractivity contribution is 9.10. The number of aromatic nitrogens is 1. The van der Waals surface area contributed by atoms with E-state index >= 15 is 0 Å². The number of halogens is 1. The molecule has 0 saturated carbocycles. The molecular formula is C19H14BrN3O4. The average molecular weight is 428 g/mol. The molecule has 136 valence electrons. The second kappa shape index (κ2) is 8.41. The Morgan fingerprint density at radius 1 is 1.11 bits per heavy atom. The molecule has 0 aliphatic heterocycles. The Morgan fingerprint density at radius 3 is 2.48 bits per heavy atom. The van der Waals surface area contributed by atoms with E-state index < -0.39 is 4.92 Å². The normalized spacial score (nSPS) is 10.3. The number of nitrogens with one attached hydrogen (secondary N) is 1. The molecule has 3 rings (SSSR count). The molecule has 0 bridgehead atoms. The summed E-state index contributed by atoms with van der Waals surface area (Å²) in [4.78, 5) is 26.9. The molecule has 0 unspecified atom stereocenters. The lowest BCUT2D eigenvalue weighted by molar-refractivity contribution is -0.384. The summed E-state index contributed by atoms with van der Waals surface area (Å²) < 4.78 is 6.63. The number of rotatable bonds is 6. The van der Waals surface area contributed by atoms with E-state index in [1.807, 2.05) is 12.1 Å². The van der Waals surface area contributed by atoms with Crippen LogP contribution in [0.1, 0.15) is 15.9 Å². The highest BCUT2D eigenvalue weighted by Gasteiger charge is 2.14. The molecule has 3 aromatic rings. The Labute approximate surface area is 163 Å². The standard InChI is InChI=1S/C19H14BrN3O4/c20-14-5-9-16(10-6-14)27-19-17(2-1-11-21-19)18(24)22-12-13-3-7-15(8-4-13)23(25)26/h1-11H,12H2,(H,22,24). The van der Waals surface area contributed by atoms with Gasteiger partial charge in [-0.15, -0.1) is 0 Å². The maximum Gasteiger partial charge on any atom is 0.269 e. The zero-order chi connectivity index (χ0) is 19.2. The highest BCUT2D eigenvalue weighted by atomic mass is 79.9. The first-order chi connectivity index (χ1) is 13.0. The molecule has 7 nitrogen and oxygen atoms in total. The summed E-state index contributed by atoms with van der Waals surface area (Å²) in [6.07, 6.45) is 1.54. The Kier molecular flexibility index (Phi) is 5.77. The molecule has 0 aliphatic carbocycles. The second-order valence-corrected chi connectivity index (χ2v) is 6.43. The fraction of sp³-hybridized carbons (Fsp3) is 0.0526. The van der Waals surface area contributed by atoms with Gasteiger partial charge in [0.05, 0.1) is 4.92 Å². The van der Waals surface area contributed by atoms with Gasteiger partial charge < -0.3 is 10.1 Å². The van der Waals surface area contributed by atoms with Gasteiger partial charge in [-0.2, -0.15) is 0 Å². The number of carbonyl (C=O) groups is 1. The summed E-state index contributed by atoms with van der Waals surface area (Å²) in [5.74, 6) is 0.399. The summed E-state index contributed by atoms with van der Waals surface area (Å²) in [7, 11) is 0. The van der Waals surface area contributed by atoms with Crippen LogP contribution in [0.25, 0.3) is 0 Å². The third-order valence-electron chi connectivity index (χ3n) is 3.64. The van der Waals surface area contributed by atoms with E-state index in [0.717, 1.165) is 10.0 Å². The predicted molar refractivity (Wildman–Crippen MR) is 103 cm³/mol. The van der Waals surface area contributed by atoms with Gasteiger partial charge in [0.2, 0.25) is 5.88 Å². The van der Waals surface area contributed by atoms with E-state index in [0.29, 0.717) is 11.3 Å². The van der Waals surface area contributed by atoms with Crippen molar-refractivity contribution in [2.24, 2.45) is 0 Å². The molecule has 1 aromatic heterocycles. The van der Waals surface area contributed by atoms with Crippen molar-refractivity contribution in [3.63, 3.8) is 0 Å². The molecule has 0 saturated heterocycles. The van der Waals surface area contributed by atoms with Gasteiger partial charge in [0.1, 0.15) is 11.3 Å². The Morgan fingerprint density at radius 2 is 1.81 bits per heavy atom. The van der Waals surface area contributed by atoms with Crippen molar-refractivity contribution in [3.8, 4) is 11.6 Å². The summed E-state index contributed by atoms with van der Waals surface area (Å²) in [5, 5.41) is 13.4. The number of nitrogens with zero attached hydrogens (tertiary/aromatic N) is 2. The monoisotopic (exact) mass is 427 g/mol. The fourth-order valence-electron chi connectivity index (χ4n) is 2.27. The van der Waals surface area contributed by atoms with E-state index in [-0.39, 0.29) is 24.0 Å². The molecule has 1 N–H and O–H groups in total. The van der Waals surface area contributed by atoms with Crippen LogP contribution < -0.4 is 10.1 Å². The first-order valence-corrected chi connectivity index (χ1v) is 8.72. The lowest BCUT2D eigenvalue weighted by Gasteiger charge is -2.10. The molecule has 1 heterocycles. The van der Waals surface area contributed by atoms with Crippen LogP contribution in [0.2, 0.25) is 0 Å². The number of benzene rings is 2. The topological polar surface area (TPSA) is 94.4 Å². The Bertz CT molecular complexity index is 959. The summed E-state index contributed by atoms with van der Waals surface area (Å²) in [6, 6.07) is 16.4. The molecule has 1 amide bonds. The third kappa shape index (κ3) is 4.89. The summed E-state index contributed by atoms with van der Waals surface area (Å²) in [6.45, 7) is 0.226. The first kappa shape index (κ1) is 18.5. The second-order valence-electron chi connectivity index (χ2n) is 5.52. The van der Waals surface area contributed by atoms with E-state index in [2.05, 4.69) is 26.2 Å². The number of hydrogen-bond acceptors (Lipinski definition) is 5. The van der Waals surface area contributed by atoms with Crippen LogP contribution in [0.4, 0.5) is 5.69 Å². The van der Waals surface area contributed by atoms with Crippen LogP contribution >= 0.6 is 15.9 Å². The Balaban J connectivity index is 1.69. The molecule has 0 atom stereocenters. The molecule has 27 heavy (non-hydrogen) atoms. The average Bonchev–Trinajstić information content (AvgIpc) is 2.68. The van der Waals surface area contributed by atoms with Crippen LogP contribution in [-0.4, -0.2) is 15.8 Å². The molecule has 0 radical (unpaired) electrons. The number of nitro benzene ring substituents is 1. The zero-order valence-electron chi connectivity index (χ0n) is 14.0. The van der Waals surface area contributed by atoms with Crippen LogP contribution in [0.15, 0.2) is 71.3 Å². The van der Waals surface area contributed by atoms with E-state index in [4.69, 9.17) is 4.74 Å². The number of pyridine rings is 1. The minimum absolute atomic E-state index is 0.00233. The van der Waals surface area contributed by atoms with Gasteiger partial charge in [-0.05, 0) is 42.0 Å². The lowest BCUT2D eigenvalue weighted by atomic mass is 10.2. The van der Waals surface area contributed by atoms with Crippen molar-refractivity contribution in [2.45, 2.75) is 6.54 Å². The van der Waals surface area contributed by atoms with Crippen molar-refractivity contribution >= 4 is 27.5 Å². The van der Waals surface area contributed by atoms with Crippen LogP contribution in [0.3, 0.4) is 0 Å². The zero-order valence-corrected chi connectivity index (χ0v) is 15.5. The number of ether oxygens (including phenoxy) is 1. The van der Waals surface area contributed by atoms with Crippen LogP contribution in [0.5, 0.6) is 11.6 Å². The maximum absolute atomic E-state index is 12.5. The van der Waals surface area contributed by atoms with E-state index in [9.17, 15) is 14.9 Å². The quantitative estimate of drug-likeness (QED) is 0.462. The Hall–Kier alpha value is -3.26. The minimum atomic E-state index is -0.469. The van der Waals surface area contributed by atoms with Crippen molar-refractivity contribution in [1.29, 1.82) is 0 Å². The number of nitro groups is 1. The number of non-ortho nitro benzene ring substituents is 1. The largest absolute Gasteiger partial charge is 0.438 e. The van der Waals surface area contributed by atoms with Gasteiger partial charge in [0.15, 0.2) is 0 Å². The van der Waals surface area contributed by atoms with Crippen molar-refractivity contribution < 1.29 is 14.5 Å². The van der Waals surface area contributed by atoms with Crippen molar-refractivity contribution in [2.75, 3.05) is 0 Å². The third-order valence-corrected chi connectivity index (χ3v) is 4.17. The van der Waals surface area contributed by atoms with Crippen molar-refractivity contribution in [3.05, 3.63) is 92.6 Å². The molecule has 0 spiro atoms. The van der Waals surface area contributed by atoms with Gasteiger partial charge in [-0.25, -0.2) is 4.98 Å². The molecule has 8 heteroatoms. The predicted octanol–water partition coefficient (Wildman–Crippen LogP) is 4.47. The van der Waals surface area contributed by atoms with E-state index in [1.165, 1.54) is 12.1 Å². The SMILES string of the molecule is O=C(NCc1ccc([N+](=O)[O-])cc1)c1cccnc1Oc1ccc(Br)cc1. The van der Waals surface area contributed by atoms with Crippen LogP contribution in [-0.2, 0) is 6.54 Å². The number of carbonyl (C=O) groups excluding carboxylic acids is 1. The molecule has 0 fully saturated rings. The van der Waals surface area contributed by atoms with Gasteiger partial charge in [0.25, 0.3) is 11.6 Å². The highest BCUT2D eigenvalue weighted by Crippen LogP contribution is 2.24. The fourth-order valence-corrected chi connectivity index (χ4v) is 2.54. The van der Waals surface area contributed by atoms with Gasteiger partial charge in [0, 0.05) is 29.3 Å². The minimum Gasteiger partial charge on any atom is -0.438 e. The van der Waals surface area contributed by atoms with Gasteiger partial charge in [-0.3, -0.25) is 14.9 Å². The smallest absolute Gasteiger partial charge is 0.269 e. The molecular weight excluding hydrogens is 414 g/mol. The summed E-state index contributed by atoms with van der Waals surface area (Å²) >= 11 is 3.35. The van der Waals surface area contributed by atoms with E-state index in [1.54, 1.807) is 42.6 Å². The van der Waals surface area contributed by atoms with Gasteiger partial charge in [-0.1, -0.05) is 28.1 Å². The van der Waals surface area contributed by atoms with Crippen molar-refractivity contribution in [1.82, 2.24) is 10.3 Å². The van der Waals surface area contributed by atoms with Crippen LogP contribution in [0, 0.1) is 10.1 Å². The van der Waals surface area contributed by atoms with Gasteiger partial charge >= 0.3 is 0 Å². The lowest BCUT2D eigenvalue weighted by Crippen LogP contribution is -2.23.